The van der Waals surface area contributed by atoms with E-state index in [4.69, 9.17) is 0 Å². The normalized spacial score (nSPS) is 20.3. The van der Waals surface area contributed by atoms with Gasteiger partial charge in [0.15, 0.2) is 0 Å². The van der Waals surface area contributed by atoms with E-state index in [9.17, 15) is 4.79 Å². The summed E-state index contributed by atoms with van der Waals surface area (Å²) in [6.45, 7) is 15.5. The van der Waals surface area contributed by atoms with Gasteiger partial charge in [0.05, 0.1) is 0 Å². The highest BCUT2D eigenvalue weighted by atomic mass is 16.1. The summed E-state index contributed by atoms with van der Waals surface area (Å²) in [7, 11) is 4.35. The molecule has 0 aromatic carbocycles. The molecule has 1 atom stereocenters. The lowest BCUT2D eigenvalue weighted by Gasteiger charge is -2.28. The summed E-state index contributed by atoms with van der Waals surface area (Å²) in [5, 5.41) is 0. The van der Waals surface area contributed by atoms with E-state index in [0.717, 1.165) is 18.1 Å². The molecular weight excluding hydrogens is 296 g/mol. The molecule has 1 heterocycles. The van der Waals surface area contributed by atoms with Crippen molar-refractivity contribution in [2.75, 3.05) is 40.3 Å². The lowest BCUT2D eigenvalue weighted by Crippen LogP contribution is -2.42. The summed E-state index contributed by atoms with van der Waals surface area (Å²) in [4.78, 5) is 13.9. The molecule has 1 saturated carbocycles. The Kier molecular flexibility index (Phi) is 20.4. The Morgan fingerprint density at radius 2 is 1.29 bits per heavy atom. The molecule has 1 saturated heterocycles. The zero-order valence-corrected chi connectivity index (χ0v) is 17.8. The number of carbonyl (C=O) groups excluding carboxylic acids is 1. The van der Waals surface area contributed by atoms with E-state index in [2.05, 4.69) is 37.7 Å². The van der Waals surface area contributed by atoms with Gasteiger partial charge in [0.1, 0.15) is 6.29 Å². The van der Waals surface area contributed by atoms with Gasteiger partial charge < -0.3 is 14.6 Å². The molecule has 3 heteroatoms. The first-order valence-corrected chi connectivity index (χ1v) is 10.4. The van der Waals surface area contributed by atoms with Crippen LogP contribution in [0.2, 0.25) is 0 Å². The zero-order valence-electron chi connectivity index (χ0n) is 17.8. The van der Waals surface area contributed by atoms with Crippen LogP contribution in [0.4, 0.5) is 0 Å². The van der Waals surface area contributed by atoms with Crippen molar-refractivity contribution in [3.05, 3.63) is 0 Å². The van der Waals surface area contributed by atoms with Crippen molar-refractivity contribution >= 4 is 6.29 Å². The summed E-state index contributed by atoms with van der Waals surface area (Å²) in [6.07, 6.45) is 10.4. The smallest absolute Gasteiger partial charge is 0.119 e. The van der Waals surface area contributed by atoms with Gasteiger partial charge >= 0.3 is 0 Å². The van der Waals surface area contributed by atoms with Gasteiger partial charge in [-0.25, -0.2) is 0 Å². The van der Waals surface area contributed by atoms with E-state index in [1.807, 2.05) is 20.8 Å². The Labute approximate surface area is 153 Å². The molecule has 1 unspecified atom stereocenters. The van der Waals surface area contributed by atoms with Gasteiger partial charge in [0.25, 0.3) is 0 Å². The maximum absolute atomic E-state index is 9.17. The van der Waals surface area contributed by atoms with Crippen molar-refractivity contribution < 1.29 is 4.79 Å². The molecule has 0 spiro atoms. The third-order valence-corrected chi connectivity index (χ3v) is 4.99. The fourth-order valence-electron chi connectivity index (χ4n) is 2.94. The largest absolute Gasteiger partial charge is 0.304 e. The predicted octanol–water partition coefficient (Wildman–Crippen LogP) is 5.10. The molecule has 1 aliphatic heterocycles. The van der Waals surface area contributed by atoms with E-state index in [1.54, 1.807) is 0 Å². The second-order valence-electron chi connectivity index (χ2n) is 6.97. The number of rotatable bonds is 3. The van der Waals surface area contributed by atoms with Gasteiger partial charge in [-0.05, 0) is 25.9 Å². The number of likely N-dealkylation sites (N-methyl/N-ethyl adjacent to an activating group) is 2. The summed E-state index contributed by atoms with van der Waals surface area (Å²) >= 11 is 0. The van der Waals surface area contributed by atoms with Gasteiger partial charge in [0.2, 0.25) is 0 Å². The van der Waals surface area contributed by atoms with E-state index in [1.165, 1.54) is 64.7 Å². The molecule has 0 radical (unpaired) electrons. The van der Waals surface area contributed by atoms with Crippen LogP contribution in [0, 0.1) is 11.8 Å². The molecule has 0 N–H and O–H groups in total. The van der Waals surface area contributed by atoms with Crippen LogP contribution in [0.15, 0.2) is 0 Å². The van der Waals surface area contributed by atoms with Crippen molar-refractivity contribution in [2.24, 2.45) is 11.8 Å². The minimum Gasteiger partial charge on any atom is -0.304 e. The molecule has 0 amide bonds. The van der Waals surface area contributed by atoms with Gasteiger partial charge in [-0.2, -0.15) is 0 Å². The van der Waals surface area contributed by atoms with Crippen molar-refractivity contribution in [1.29, 1.82) is 0 Å². The van der Waals surface area contributed by atoms with Crippen LogP contribution in [0.1, 0.15) is 79.6 Å². The highest BCUT2D eigenvalue weighted by molar-refractivity contribution is 5.48. The van der Waals surface area contributed by atoms with E-state index in [-0.39, 0.29) is 0 Å². The third-order valence-electron chi connectivity index (χ3n) is 4.99. The third kappa shape index (κ3) is 15.1. The predicted molar refractivity (Wildman–Crippen MR) is 109 cm³/mol. The SMILES string of the molecule is CC.CCC(C)C1CCCCC1.CCC=O.CN1CCN(C)CC1. The Hall–Kier alpha value is -0.410. The maximum Gasteiger partial charge on any atom is 0.119 e. The van der Waals surface area contributed by atoms with Crippen LogP contribution in [0.25, 0.3) is 0 Å². The molecule has 2 rings (SSSR count). The van der Waals surface area contributed by atoms with E-state index < -0.39 is 0 Å². The average Bonchev–Trinajstić information content (AvgIpc) is 2.66. The van der Waals surface area contributed by atoms with Crippen LogP contribution in [0.5, 0.6) is 0 Å². The molecular formula is C21H46N2O. The average molecular weight is 343 g/mol. The molecule has 1 aliphatic carbocycles. The second-order valence-corrected chi connectivity index (χ2v) is 6.97. The van der Waals surface area contributed by atoms with Crippen molar-refractivity contribution in [1.82, 2.24) is 9.80 Å². The fraction of sp³-hybridized carbons (Fsp3) is 0.952. The molecule has 146 valence electrons. The second kappa shape index (κ2) is 18.9. The minimum absolute atomic E-state index is 0.639. The molecule has 0 bridgehead atoms. The van der Waals surface area contributed by atoms with Gasteiger partial charge in [-0.1, -0.05) is 73.1 Å². The Morgan fingerprint density at radius 3 is 1.58 bits per heavy atom. The molecule has 2 fully saturated rings. The number of piperazine rings is 1. The van der Waals surface area contributed by atoms with Crippen LogP contribution in [-0.4, -0.2) is 56.4 Å². The van der Waals surface area contributed by atoms with Crippen LogP contribution in [-0.2, 0) is 4.79 Å². The topological polar surface area (TPSA) is 23.6 Å². The quantitative estimate of drug-likeness (QED) is 0.667. The fourth-order valence-corrected chi connectivity index (χ4v) is 2.94. The standard InChI is InChI=1S/C10H20.C6H14N2.C3H6O.C2H6/c1-3-9(2)10-7-5-4-6-8-10;1-7-3-5-8(2)6-4-7;1-2-3-4;1-2/h9-10H,3-8H2,1-2H3;3-6H2,1-2H3;3H,2H2,1H3;1-2H3. The Morgan fingerprint density at radius 1 is 0.917 bits per heavy atom. The number of nitrogens with zero attached hydrogens (tertiary/aromatic N) is 2. The molecule has 0 aromatic heterocycles. The number of hydrogen-bond acceptors (Lipinski definition) is 3. The highest BCUT2D eigenvalue weighted by Gasteiger charge is 2.17. The first-order chi connectivity index (χ1) is 11.5. The summed E-state index contributed by atoms with van der Waals surface area (Å²) in [6, 6.07) is 0. The summed E-state index contributed by atoms with van der Waals surface area (Å²) in [5.41, 5.74) is 0. The zero-order chi connectivity index (χ0) is 18.8. The Balaban J connectivity index is 0. The van der Waals surface area contributed by atoms with Gasteiger partial charge in [0, 0.05) is 32.6 Å². The molecule has 2 aliphatic rings. The first kappa shape index (κ1) is 25.8. The maximum atomic E-state index is 9.17. The van der Waals surface area contributed by atoms with Gasteiger partial charge in [-0.15, -0.1) is 0 Å². The lowest BCUT2D eigenvalue weighted by molar-refractivity contribution is -0.107. The highest BCUT2D eigenvalue weighted by Crippen LogP contribution is 2.30. The van der Waals surface area contributed by atoms with Crippen molar-refractivity contribution in [2.45, 2.75) is 79.6 Å². The van der Waals surface area contributed by atoms with Crippen LogP contribution >= 0.6 is 0 Å². The van der Waals surface area contributed by atoms with E-state index >= 15 is 0 Å². The minimum atomic E-state index is 0.639. The van der Waals surface area contributed by atoms with Crippen molar-refractivity contribution in [3.8, 4) is 0 Å². The summed E-state index contributed by atoms with van der Waals surface area (Å²) in [5.74, 6) is 2.05. The lowest BCUT2D eigenvalue weighted by atomic mass is 9.80. The molecule has 24 heavy (non-hydrogen) atoms. The van der Waals surface area contributed by atoms with Gasteiger partial charge in [-0.3, -0.25) is 0 Å². The van der Waals surface area contributed by atoms with Crippen molar-refractivity contribution in [3.63, 3.8) is 0 Å². The number of aldehydes is 1. The summed E-state index contributed by atoms with van der Waals surface area (Å²) < 4.78 is 0. The molecule has 0 aromatic rings. The Bertz CT molecular complexity index is 234. The van der Waals surface area contributed by atoms with E-state index in [0.29, 0.717) is 6.42 Å². The van der Waals surface area contributed by atoms with Crippen LogP contribution in [0.3, 0.4) is 0 Å². The molecule has 3 nitrogen and oxygen atoms in total. The first-order valence-electron chi connectivity index (χ1n) is 10.4. The monoisotopic (exact) mass is 342 g/mol. The number of carbonyl (C=O) groups is 1. The van der Waals surface area contributed by atoms with Crippen LogP contribution < -0.4 is 0 Å². The number of hydrogen-bond donors (Lipinski definition) is 0.